The largest absolute Gasteiger partial charge is 0.452 e. The van der Waals surface area contributed by atoms with Crippen LogP contribution in [0.25, 0.3) is 6.08 Å². The van der Waals surface area contributed by atoms with E-state index in [9.17, 15) is 18.8 Å². The van der Waals surface area contributed by atoms with Gasteiger partial charge in [0, 0.05) is 12.6 Å². The molecule has 0 aliphatic heterocycles. The molecule has 0 spiro atoms. The SMILES string of the molecule is CCNC(=O)[C@@H](C)NC(=O)COC(=O)/C=C/c1cccc(F)c1. The number of nitrogens with one attached hydrogen (secondary N) is 2. The standard InChI is InChI=1S/C16H19FN2O4/c1-3-18-16(22)11(2)19-14(20)10-23-15(21)8-7-12-5-4-6-13(17)9-12/h4-9,11H,3,10H2,1-2H3,(H,18,22)(H,19,20)/b8-7+/t11-/m1/s1. The number of carbonyl (C=O) groups excluding carboxylic acids is 3. The first kappa shape index (κ1) is 18.3. The number of hydrogen-bond acceptors (Lipinski definition) is 4. The van der Waals surface area contributed by atoms with Gasteiger partial charge in [-0.3, -0.25) is 9.59 Å². The summed E-state index contributed by atoms with van der Waals surface area (Å²) in [6, 6.07) is 4.95. The van der Waals surface area contributed by atoms with E-state index in [-0.39, 0.29) is 5.91 Å². The summed E-state index contributed by atoms with van der Waals surface area (Å²) in [6.45, 7) is 3.24. The van der Waals surface area contributed by atoms with Gasteiger partial charge in [0.1, 0.15) is 11.9 Å². The topological polar surface area (TPSA) is 84.5 Å². The highest BCUT2D eigenvalue weighted by atomic mass is 19.1. The van der Waals surface area contributed by atoms with E-state index in [1.807, 2.05) is 0 Å². The molecule has 1 aromatic carbocycles. The highest BCUT2D eigenvalue weighted by Crippen LogP contribution is 2.05. The number of esters is 1. The normalized spacial score (nSPS) is 11.8. The molecule has 0 bridgehead atoms. The molecule has 0 aliphatic rings. The number of likely N-dealkylation sites (N-methyl/N-ethyl adjacent to an activating group) is 1. The van der Waals surface area contributed by atoms with E-state index in [4.69, 9.17) is 4.74 Å². The maximum absolute atomic E-state index is 13.0. The van der Waals surface area contributed by atoms with Crippen LogP contribution >= 0.6 is 0 Å². The Hall–Kier alpha value is -2.70. The molecule has 6 nitrogen and oxygen atoms in total. The van der Waals surface area contributed by atoms with Crippen LogP contribution in [-0.4, -0.2) is 37.0 Å². The van der Waals surface area contributed by atoms with Crippen LogP contribution in [0.15, 0.2) is 30.3 Å². The van der Waals surface area contributed by atoms with Crippen molar-refractivity contribution in [2.45, 2.75) is 19.9 Å². The first-order valence-electron chi connectivity index (χ1n) is 7.10. The van der Waals surface area contributed by atoms with Crippen LogP contribution in [0, 0.1) is 5.82 Å². The number of hydrogen-bond donors (Lipinski definition) is 2. The summed E-state index contributed by atoms with van der Waals surface area (Å²) >= 11 is 0. The van der Waals surface area contributed by atoms with Crippen LogP contribution in [-0.2, 0) is 19.1 Å². The van der Waals surface area contributed by atoms with E-state index in [0.29, 0.717) is 12.1 Å². The van der Waals surface area contributed by atoms with Gasteiger partial charge in [0.2, 0.25) is 5.91 Å². The number of halogens is 1. The number of benzene rings is 1. The average molecular weight is 322 g/mol. The van der Waals surface area contributed by atoms with E-state index >= 15 is 0 Å². The van der Waals surface area contributed by atoms with Gasteiger partial charge < -0.3 is 15.4 Å². The third-order valence-corrected chi connectivity index (χ3v) is 2.73. The maximum Gasteiger partial charge on any atom is 0.331 e. The van der Waals surface area contributed by atoms with Crippen molar-refractivity contribution in [1.29, 1.82) is 0 Å². The van der Waals surface area contributed by atoms with E-state index < -0.39 is 30.3 Å². The molecule has 0 radical (unpaired) electrons. The van der Waals surface area contributed by atoms with E-state index in [0.717, 1.165) is 6.08 Å². The molecule has 1 rings (SSSR count). The van der Waals surface area contributed by atoms with Crippen molar-refractivity contribution < 1.29 is 23.5 Å². The summed E-state index contributed by atoms with van der Waals surface area (Å²) in [4.78, 5) is 34.4. The minimum Gasteiger partial charge on any atom is -0.452 e. The number of rotatable bonds is 7. The summed E-state index contributed by atoms with van der Waals surface area (Å²) in [5.74, 6) is -2.07. The minimum atomic E-state index is -0.741. The zero-order chi connectivity index (χ0) is 17.2. The smallest absolute Gasteiger partial charge is 0.331 e. The Labute approximate surface area is 133 Å². The quantitative estimate of drug-likeness (QED) is 0.580. The molecule has 0 heterocycles. The van der Waals surface area contributed by atoms with Gasteiger partial charge >= 0.3 is 5.97 Å². The summed E-state index contributed by atoms with van der Waals surface area (Å²) in [5, 5.41) is 4.95. The van der Waals surface area contributed by atoms with Crippen molar-refractivity contribution in [2.24, 2.45) is 0 Å². The zero-order valence-electron chi connectivity index (χ0n) is 13.0. The lowest BCUT2D eigenvalue weighted by atomic mass is 10.2. The first-order chi connectivity index (χ1) is 10.9. The molecule has 124 valence electrons. The zero-order valence-corrected chi connectivity index (χ0v) is 13.0. The lowest BCUT2D eigenvalue weighted by Crippen LogP contribution is -2.46. The van der Waals surface area contributed by atoms with E-state index in [1.54, 1.807) is 13.0 Å². The van der Waals surface area contributed by atoms with Gasteiger partial charge in [-0.15, -0.1) is 0 Å². The van der Waals surface area contributed by atoms with Gasteiger partial charge in [-0.2, -0.15) is 0 Å². The van der Waals surface area contributed by atoms with Gasteiger partial charge in [0.15, 0.2) is 6.61 Å². The Bertz CT molecular complexity index is 601. The Morgan fingerprint density at radius 2 is 2.09 bits per heavy atom. The van der Waals surface area contributed by atoms with E-state index in [2.05, 4.69) is 10.6 Å². The van der Waals surface area contributed by atoms with Crippen molar-refractivity contribution in [1.82, 2.24) is 10.6 Å². The second-order valence-electron chi connectivity index (χ2n) is 4.68. The van der Waals surface area contributed by atoms with Gasteiger partial charge in [-0.05, 0) is 37.6 Å². The third kappa shape index (κ3) is 7.21. The van der Waals surface area contributed by atoms with Crippen molar-refractivity contribution in [3.8, 4) is 0 Å². The van der Waals surface area contributed by atoms with E-state index in [1.165, 1.54) is 31.2 Å². The van der Waals surface area contributed by atoms with Crippen LogP contribution in [0.4, 0.5) is 4.39 Å². The fourth-order valence-electron chi connectivity index (χ4n) is 1.64. The van der Waals surface area contributed by atoms with Crippen LogP contribution in [0.5, 0.6) is 0 Å². The summed E-state index contributed by atoms with van der Waals surface area (Å²) < 4.78 is 17.7. The molecule has 0 unspecified atom stereocenters. The van der Waals surface area contributed by atoms with Crippen molar-refractivity contribution in [3.05, 3.63) is 41.7 Å². The summed E-state index contributed by atoms with van der Waals surface area (Å²) in [6.07, 6.45) is 2.47. The molecule has 0 saturated carbocycles. The summed E-state index contributed by atoms with van der Waals surface area (Å²) in [7, 11) is 0. The molecule has 2 N–H and O–H groups in total. The monoisotopic (exact) mass is 322 g/mol. The molecule has 1 aromatic rings. The second kappa shape index (κ2) is 9.34. The minimum absolute atomic E-state index is 0.321. The first-order valence-corrected chi connectivity index (χ1v) is 7.10. The predicted molar refractivity (Wildman–Crippen MR) is 82.7 cm³/mol. The average Bonchev–Trinajstić information content (AvgIpc) is 2.51. The van der Waals surface area contributed by atoms with Gasteiger partial charge in [-0.25, -0.2) is 9.18 Å². The highest BCUT2D eigenvalue weighted by molar-refractivity contribution is 5.91. The molecular weight excluding hydrogens is 303 g/mol. The Morgan fingerprint density at radius 3 is 2.74 bits per heavy atom. The number of ether oxygens (including phenoxy) is 1. The Kier molecular flexibility index (Phi) is 7.45. The van der Waals surface area contributed by atoms with Crippen LogP contribution in [0.3, 0.4) is 0 Å². The number of amides is 2. The predicted octanol–water partition coefficient (Wildman–Crippen LogP) is 1.02. The van der Waals surface area contributed by atoms with Crippen molar-refractivity contribution in [2.75, 3.05) is 13.2 Å². The molecule has 0 saturated heterocycles. The Balaban J connectivity index is 2.38. The molecule has 0 aliphatic carbocycles. The molecule has 0 aromatic heterocycles. The molecule has 2 amide bonds. The maximum atomic E-state index is 13.0. The van der Waals surface area contributed by atoms with Crippen molar-refractivity contribution in [3.63, 3.8) is 0 Å². The van der Waals surface area contributed by atoms with Gasteiger partial charge in [-0.1, -0.05) is 12.1 Å². The lowest BCUT2D eigenvalue weighted by molar-refractivity contribution is -0.144. The molecular formula is C16H19FN2O4. The van der Waals surface area contributed by atoms with Gasteiger partial charge in [0.25, 0.3) is 5.91 Å². The van der Waals surface area contributed by atoms with Crippen LogP contribution in [0.1, 0.15) is 19.4 Å². The molecule has 23 heavy (non-hydrogen) atoms. The summed E-state index contributed by atoms with van der Waals surface area (Å²) in [5.41, 5.74) is 0.497. The second-order valence-corrected chi connectivity index (χ2v) is 4.68. The van der Waals surface area contributed by atoms with Crippen LogP contribution < -0.4 is 10.6 Å². The van der Waals surface area contributed by atoms with Crippen molar-refractivity contribution >= 4 is 23.9 Å². The van der Waals surface area contributed by atoms with Gasteiger partial charge in [0.05, 0.1) is 0 Å². The Morgan fingerprint density at radius 1 is 1.35 bits per heavy atom. The molecule has 1 atom stereocenters. The molecule has 7 heteroatoms. The van der Waals surface area contributed by atoms with Crippen LogP contribution in [0.2, 0.25) is 0 Å². The number of carbonyl (C=O) groups is 3. The lowest BCUT2D eigenvalue weighted by Gasteiger charge is -2.12. The third-order valence-electron chi connectivity index (χ3n) is 2.73. The fourth-order valence-corrected chi connectivity index (χ4v) is 1.64. The fraction of sp³-hybridized carbons (Fsp3) is 0.312. The highest BCUT2D eigenvalue weighted by Gasteiger charge is 2.15. The molecule has 0 fully saturated rings.